The minimum atomic E-state index is 0.544. The van der Waals surface area contributed by atoms with Crippen LogP contribution in [0.15, 0.2) is 12.4 Å². The summed E-state index contributed by atoms with van der Waals surface area (Å²) in [5.41, 5.74) is 0. The van der Waals surface area contributed by atoms with Crippen molar-refractivity contribution in [2.45, 2.75) is 13.8 Å². The molecule has 1 heterocycles. The predicted molar refractivity (Wildman–Crippen MR) is 64.8 cm³/mol. The molecule has 2 N–H and O–H groups in total. The lowest BCUT2D eigenvalue weighted by atomic mass is 10.2. The second-order valence-corrected chi connectivity index (χ2v) is 3.72. The Balaban J connectivity index is 2.44. The van der Waals surface area contributed by atoms with Crippen LogP contribution in [0.5, 0.6) is 5.88 Å². The van der Waals surface area contributed by atoms with Crippen molar-refractivity contribution in [3.63, 3.8) is 0 Å². The highest BCUT2D eigenvalue weighted by Gasteiger charge is 2.02. The number of aromatic nitrogens is 2. The molecule has 90 valence electrons. The van der Waals surface area contributed by atoms with E-state index in [2.05, 4.69) is 27.5 Å². The first-order valence-electron chi connectivity index (χ1n) is 5.59. The van der Waals surface area contributed by atoms with E-state index in [0.717, 1.165) is 18.9 Å². The van der Waals surface area contributed by atoms with Gasteiger partial charge in [-0.3, -0.25) is 4.98 Å². The molecule has 0 radical (unpaired) electrons. The molecule has 0 amide bonds. The van der Waals surface area contributed by atoms with Gasteiger partial charge in [-0.1, -0.05) is 6.92 Å². The summed E-state index contributed by atoms with van der Waals surface area (Å²) in [5.74, 6) is 1.87. The number of hydrogen-bond acceptors (Lipinski definition) is 5. The van der Waals surface area contributed by atoms with Crippen molar-refractivity contribution in [1.82, 2.24) is 15.3 Å². The van der Waals surface area contributed by atoms with Crippen LogP contribution >= 0.6 is 0 Å². The molecule has 1 rings (SSSR count). The van der Waals surface area contributed by atoms with Crippen LogP contribution in [0.4, 0.5) is 5.82 Å². The molecule has 0 aliphatic heterocycles. The zero-order valence-electron chi connectivity index (χ0n) is 10.2. The second-order valence-electron chi connectivity index (χ2n) is 3.72. The molecular weight excluding hydrogens is 204 g/mol. The molecule has 5 nitrogen and oxygen atoms in total. The summed E-state index contributed by atoms with van der Waals surface area (Å²) in [4.78, 5) is 8.34. The molecule has 0 aliphatic rings. The minimum absolute atomic E-state index is 0.544. The number of hydrogen-bond donors (Lipinski definition) is 2. The summed E-state index contributed by atoms with van der Waals surface area (Å²) < 4.78 is 5.27. The van der Waals surface area contributed by atoms with E-state index in [-0.39, 0.29) is 0 Å². The largest absolute Gasteiger partial charge is 0.477 e. The molecule has 0 spiro atoms. The highest BCUT2D eigenvalue weighted by Crippen LogP contribution is 2.09. The van der Waals surface area contributed by atoms with Gasteiger partial charge in [-0.15, -0.1) is 0 Å². The highest BCUT2D eigenvalue weighted by molar-refractivity contribution is 5.33. The molecule has 0 fully saturated rings. The van der Waals surface area contributed by atoms with Gasteiger partial charge in [0.15, 0.2) is 0 Å². The van der Waals surface area contributed by atoms with Crippen molar-refractivity contribution in [2.75, 3.05) is 32.1 Å². The Morgan fingerprint density at radius 3 is 2.88 bits per heavy atom. The third-order valence-corrected chi connectivity index (χ3v) is 2.09. The lowest BCUT2D eigenvalue weighted by molar-refractivity contribution is 0.325. The molecule has 16 heavy (non-hydrogen) atoms. The fourth-order valence-corrected chi connectivity index (χ4v) is 1.35. The summed E-state index contributed by atoms with van der Waals surface area (Å²) in [5, 5.41) is 6.37. The summed E-state index contributed by atoms with van der Waals surface area (Å²) in [7, 11) is 1.95. The maximum Gasteiger partial charge on any atom is 0.234 e. The quantitative estimate of drug-likeness (QED) is 0.727. The van der Waals surface area contributed by atoms with E-state index in [9.17, 15) is 0 Å². The normalized spacial score (nSPS) is 12.2. The van der Waals surface area contributed by atoms with Crippen molar-refractivity contribution in [1.29, 1.82) is 0 Å². The summed E-state index contributed by atoms with van der Waals surface area (Å²) >= 11 is 0. The Morgan fingerprint density at radius 1 is 1.38 bits per heavy atom. The van der Waals surface area contributed by atoms with Crippen molar-refractivity contribution in [3.8, 4) is 5.88 Å². The maximum absolute atomic E-state index is 5.27. The Kier molecular flexibility index (Phi) is 5.56. The van der Waals surface area contributed by atoms with E-state index >= 15 is 0 Å². The molecule has 1 atom stereocenters. The average molecular weight is 224 g/mol. The van der Waals surface area contributed by atoms with Gasteiger partial charge >= 0.3 is 0 Å². The van der Waals surface area contributed by atoms with Gasteiger partial charge in [-0.2, -0.15) is 4.98 Å². The third-order valence-electron chi connectivity index (χ3n) is 2.09. The standard InChI is InChI=1S/C11H20N4O/c1-4-16-11-8-13-7-10(15-11)14-6-9(2)5-12-3/h7-9,12H,4-6H2,1-3H3,(H,14,15). The maximum atomic E-state index is 5.27. The van der Waals surface area contributed by atoms with Gasteiger partial charge in [-0.05, 0) is 26.4 Å². The number of rotatable bonds is 7. The van der Waals surface area contributed by atoms with E-state index in [4.69, 9.17) is 4.74 Å². The van der Waals surface area contributed by atoms with Gasteiger partial charge in [0.05, 0.1) is 19.0 Å². The van der Waals surface area contributed by atoms with Crippen LogP contribution in [-0.4, -0.2) is 36.7 Å². The number of nitrogens with one attached hydrogen (secondary N) is 2. The van der Waals surface area contributed by atoms with Crippen molar-refractivity contribution < 1.29 is 4.74 Å². The van der Waals surface area contributed by atoms with E-state index in [1.807, 2.05) is 14.0 Å². The van der Waals surface area contributed by atoms with E-state index in [1.54, 1.807) is 12.4 Å². The molecule has 0 aromatic carbocycles. The molecule has 1 aromatic heterocycles. The smallest absolute Gasteiger partial charge is 0.234 e. The van der Waals surface area contributed by atoms with Gasteiger partial charge in [0.1, 0.15) is 5.82 Å². The van der Waals surface area contributed by atoms with Gasteiger partial charge in [0.25, 0.3) is 0 Å². The molecule has 0 saturated carbocycles. The van der Waals surface area contributed by atoms with E-state index in [0.29, 0.717) is 18.4 Å². The van der Waals surface area contributed by atoms with Crippen LogP contribution in [0, 0.1) is 5.92 Å². The van der Waals surface area contributed by atoms with E-state index < -0.39 is 0 Å². The third kappa shape index (κ3) is 4.44. The monoisotopic (exact) mass is 224 g/mol. The van der Waals surface area contributed by atoms with Crippen LogP contribution in [-0.2, 0) is 0 Å². The fourth-order valence-electron chi connectivity index (χ4n) is 1.35. The van der Waals surface area contributed by atoms with Crippen molar-refractivity contribution >= 4 is 5.82 Å². The lowest BCUT2D eigenvalue weighted by Gasteiger charge is -2.12. The Labute approximate surface area is 96.6 Å². The van der Waals surface area contributed by atoms with Crippen LogP contribution in [0.1, 0.15) is 13.8 Å². The summed E-state index contributed by atoms with van der Waals surface area (Å²) in [6, 6.07) is 0. The first-order valence-corrected chi connectivity index (χ1v) is 5.59. The first-order chi connectivity index (χ1) is 7.76. The summed E-state index contributed by atoms with van der Waals surface area (Å²) in [6.45, 7) is 6.55. The Morgan fingerprint density at radius 2 is 2.19 bits per heavy atom. The fraction of sp³-hybridized carbons (Fsp3) is 0.636. The first kappa shape index (κ1) is 12.7. The summed E-state index contributed by atoms with van der Waals surface area (Å²) in [6.07, 6.45) is 3.32. The Bertz CT molecular complexity index is 306. The lowest BCUT2D eigenvalue weighted by Crippen LogP contribution is -2.23. The average Bonchev–Trinajstić information content (AvgIpc) is 2.28. The van der Waals surface area contributed by atoms with Crippen LogP contribution in [0.3, 0.4) is 0 Å². The van der Waals surface area contributed by atoms with Gasteiger partial charge in [0.2, 0.25) is 5.88 Å². The SMILES string of the molecule is CCOc1cncc(NCC(C)CNC)n1. The topological polar surface area (TPSA) is 59.1 Å². The van der Waals surface area contributed by atoms with Crippen LogP contribution in [0.2, 0.25) is 0 Å². The number of anilines is 1. The van der Waals surface area contributed by atoms with Gasteiger partial charge < -0.3 is 15.4 Å². The zero-order valence-corrected chi connectivity index (χ0v) is 10.2. The van der Waals surface area contributed by atoms with Gasteiger partial charge in [0, 0.05) is 6.54 Å². The van der Waals surface area contributed by atoms with Crippen molar-refractivity contribution in [2.24, 2.45) is 5.92 Å². The molecule has 0 saturated heterocycles. The number of nitrogens with zero attached hydrogens (tertiary/aromatic N) is 2. The Hall–Kier alpha value is -1.36. The van der Waals surface area contributed by atoms with Gasteiger partial charge in [-0.25, -0.2) is 0 Å². The van der Waals surface area contributed by atoms with E-state index in [1.165, 1.54) is 0 Å². The molecule has 1 aromatic rings. The second kappa shape index (κ2) is 7.00. The predicted octanol–water partition coefficient (Wildman–Crippen LogP) is 1.14. The van der Waals surface area contributed by atoms with Crippen LogP contribution < -0.4 is 15.4 Å². The molecule has 0 bridgehead atoms. The zero-order chi connectivity index (χ0) is 11.8. The van der Waals surface area contributed by atoms with Crippen molar-refractivity contribution in [3.05, 3.63) is 12.4 Å². The molecule has 5 heteroatoms. The molecule has 1 unspecified atom stereocenters. The molecular formula is C11H20N4O. The molecule has 0 aliphatic carbocycles. The highest BCUT2D eigenvalue weighted by atomic mass is 16.5. The number of ether oxygens (including phenoxy) is 1. The minimum Gasteiger partial charge on any atom is -0.477 e. The van der Waals surface area contributed by atoms with Crippen LogP contribution in [0.25, 0.3) is 0 Å².